The van der Waals surface area contributed by atoms with Crippen LogP contribution in [-0.2, 0) is 6.42 Å². The first kappa shape index (κ1) is 17.7. The van der Waals surface area contributed by atoms with Crippen molar-refractivity contribution in [3.8, 4) is 9.88 Å². The van der Waals surface area contributed by atoms with Gasteiger partial charge in [0.05, 0.1) is 26.5 Å². The lowest BCUT2D eigenvalue weighted by atomic mass is 10.0. The SMILES string of the molecule is CC(=S)N[C@@H](Cc1ccc([N+](=O)[O-])cc1)c1csc(-c2cccs2)n1. The normalized spacial score (nSPS) is 11.9. The predicted molar refractivity (Wildman–Crippen MR) is 106 cm³/mol. The van der Waals surface area contributed by atoms with Crippen molar-refractivity contribution in [2.45, 2.75) is 19.4 Å². The molecule has 128 valence electrons. The molecule has 0 aliphatic rings. The van der Waals surface area contributed by atoms with Crippen molar-refractivity contribution in [1.29, 1.82) is 0 Å². The summed E-state index contributed by atoms with van der Waals surface area (Å²) in [7, 11) is 0. The number of nitro benzene ring substituents is 1. The number of non-ortho nitro benzene ring substituents is 1. The minimum absolute atomic E-state index is 0.0658. The number of thiophene rings is 1. The molecule has 1 atom stereocenters. The van der Waals surface area contributed by atoms with Gasteiger partial charge in [0.1, 0.15) is 5.01 Å². The zero-order valence-corrected chi connectivity index (χ0v) is 15.8. The minimum atomic E-state index is -0.394. The number of nitrogens with zero attached hydrogens (tertiary/aromatic N) is 2. The van der Waals surface area contributed by atoms with Gasteiger partial charge in [0.2, 0.25) is 0 Å². The largest absolute Gasteiger partial charge is 0.371 e. The number of rotatable bonds is 6. The van der Waals surface area contributed by atoms with Crippen molar-refractivity contribution < 1.29 is 4.92 Å². The fourth-order valence-electron chi connectivity index (χ4n) is 2.42. The summed E-state index contributed by atoms with van der Waals surface area (Å²) in [6.45, 7) is 1.84. The summed E-state index contributed by atoms with van der Waals surface area (Å²) in [5.74, 6) is 0. The second-order valence-corrected chi connectivity index (χ2v) is 7.85. The topological polar surface area (TPSA) is 68.1 Å². The van der Waals surface area contributed by atoms with Gasteiger partial charge in [-0.25, -0.2) is 4.98 Å². The van der Waals surface area contributed by atoms with E-state index in [-0.39, 0.29) is 11.7 Å². The number of nitrogens with one attached hydrogen (secondary N) is 1. The van der Waals surface area contributed by atoms with Crippen LogP contribution in [0.5, 0.6) is 0 Å². The second-order valence-electron chi connectivity index (χ2n) is 5.44. The Kier molecular flexibility index (Phi) is 5.52. The Hall–Kier alpha value is -2.16. The number of hydrogen-bond donors (Lipinski definition) is 1. The molecule has 0 saturated carbocycles. The first-order chi connectivity index (χ1) is 12.0. The Balaban J connectivity index is 1.82. The maximum Gasteiger partial charge on any atom is 0.269 e. The molecular weight excluding hydrogens is 374 g/mol. The lowest BCUT2D eigenvalue weighted by molar-refractivity contribution is -0.384. The zero-order chi connectivity index (χ0) is 17.8. The summed E-state index contributed by atoms with van der Waals surface area (Å²) in [6.07, 6.45) is 0.652. The van der Waals surface area contributed by atoms with E-state index in [1.165, 1.54) is 12.1 Å². The average molecular weight is 390 g/mol. The van der Waals surface area contributed by atoms with Crippen LogP contribution in [0.2, 0.25) is 0 Å². The fraction of sp³-hybridized carbons (Fsp3) is 0.176. The van der Waals surface area contributed by atoms with Crippen LogP contribution in [0.3, 0.4) is 0 Å². The van der Waals surface area contributed by atoms with E-state index < -0.39 is 4.92 Å². The van der Waals surface area contributed by atoms with Crippen LogP contribution in [-0.4, -0.2) is 14.9 Å². The highest BCUT2D eigenvalue weighted by atomic mass is 32.1. The molecule has 0 bridgehead atoms. The van der Waals surface area contributed by atoms with Crippen molar-refractivity contribution >= 4 is 45.6 Å². The van der Waals surface area contributed by atoms with E-state index in [1.807, 2.05) is 23.8 Å². The molecule has 25 heavy (non-hydrogen) atoms. The molecule has 1 aromatic carbocycles. The molecule has 1 N–H and O–H groups in total. The van der Waals surface area contributed by atoms with Crippen molar-refractivity contribution in [3.63, 3.8) is 0 Å². The number of nitro groups is 1. The molecule has 0 saturated heterocycles. The van der Waals surface area contributed by atoms with E-state index >= 15 is 0 Å². The Morgan fingerprint density at radius 1 is 1.32 bits per heavy atom. The summed E-state index contributed by atoms with van der Waals surface area (Å²) in [5.41, 5.74) is 2.01. The number of aromatic nitrogens is 1. The molecule has 0 spiro atoms. The van der Waals surface area contributed by atoms with Crippen LogP contribution in [0, 0.1) is 10.1 Å². The lowest BCUT2D eigenvalue weighted by Gasteiger charge is -2.17. The van der Waals surface area contributed by atoms with Crippen molar-refractivity contribution in [2.24, 2.45) is 0 Å². The number of hydrogen-bond acceptors (Lipinski definition) is 6. The molecule has 2 aromatic heterocycles. The van der Waals surface area contributed by atoms with Gasteiger partial charge in [-0.2, -0.15) is 0 Å². The molecule has 0 unspecified atom stereocenters. The lowest BCUT2D eigenvalue weighted by Crippen LogP contribution is -2.26. The maximum atomic E-state index is 10.8. The first-order valence-electron chi connectivity index (χ1n) is 7.52. The maximum absolute atomic E-state index is 10.8. The van der Waals surface area contributed by atoms with Gasteiger partial charge in [-0.3, -0.25) is 10.1 Å². The molecule has 2 heterocycles. The number of thiazole rings is 1. The summed E-state index contributed by atoms with van der Waals surface area (Å²) in [4.78, 5) is 17.0. The zero-order valence-electron chi connectivity index (χ0n) is 13.3. The molecule has 3 rings (SSSR count). The number of benzene rings is 1. The second kappa shape index (κ2) is 7.81. The standard InChI is InChI=1S/C17H15N3O2S3/c1-11(23)18-14(9-12-4-6-13(7-5-12)20(21)22)15-10-25-17(19-15)16-3-2-8-24-16/h2-8,10,14H,9H2,1H3,(H,18,23)/t14-/m0/s1. The van der Waals surface area contributed by atoms with Gasteiger partial charge < -0.3 is 5.32 Å². The van der Waals surface area contributed by atoms with Crippen LogP contribution >= 0.6 is 34.9 Å². The van der Waals surface area contributed by atoms with Crippen molar-refractivity contribution in [1.82, 2.24) is 10.3 Å². The Morgan fingerprint density at radius 2 is 2.08 bits per heavy atom. The van der Waals surface area contributed by atoms with E-state index in [9.17, 15) is 10.1 Å². The molecule has 0 amide bonds. The van der Waals surface area contributed by atoms with Gasteiger partial charge in [0, 0.05) is 17.5 Å². The van der Waals surface area contributed by atoms with E-state index in [0.717, 1.165) is 21.1 Å². The quantitative estimate of drug-likeness (QED) is 0.365. The molecule has 0 aliphatic heterocycles. The molecule has 0 aliphatic carbocycles. The third-order valence-corrected chi connectivity index (χ3v) is 5.59. The smallest absolute Gasteiger partial charge is 0.269 e. The van der Waals surface area contributed by atoms with Crippen molar-refractivity contribution in [2.75, 3.05) is 0 Å². The van der Waals surface area contributed by atoms with E-state index in [1.54, 1.807) is 34.8 Å². The van der Waals surface area contributed by atoms with Gasteiger partial charge in [0.25, 0.3) is 5.69 Å². The summed E-state index contributed by atoms with van der Waals surface area (Å²) >= 11 is 8.47. The van der Waals surface area contributed by atoms with Crippen LogP contribution in [0.15, 0.2) is 47.2 Å². The summed E-state index contributed by atoms with van der Waals surface area (Å²) in [5, 5.41) is 19.1. The van der Waals surface area contributed by atoms with Gasteiger partial charge in [-0.05, 0) is 30.4 Å². The Labute approximate surface area is 158 Å². The molecule has 0 fully saturated rings. The predicted octanol–water partition coefficient (Wildman–Crippen LogP) is 5.00. The number of thiocarbonyl (C=S) groups is 1. The molecular formula is C17H15N3O2S3. The van der Waals surface area contributed by atoms with Gasteiger partial charge in [0.15, 0.2) is 0 Å². The van der Waals surface area contributed by atoms with E-state index in [4.69, 9.17) is 17.2 Å². The highest BCUT2D eigenvalue weighted by molar-refractivity contribution is 7.80. The third kappa shape index (κ3) is 4.47. The molecule has 5 nitrogen and oxygen atoms in total. The Bertz CT molecular complexity index is 873. The highest BCUT2D eigenvalue weighted by Gasteiger charge is 2.17. The first-order valence-corrected chi connectivity index (χ1v) is 9.69. The summed E-state index contributed by atoms with van der Waals surface area (Å²) < 4.78 is 0. The summed E-state index contributed by atoms with van der Waals surface area (Å²) in [6, 6.07) is 10.6. The monoisotopic (exact) mass is 389 g/mol. The van der Waals surface area contributed by atoms with Crippen molar-refractivity contribution in [3.05, 3.63) is 68.5 Å². The van der Waals surface area contributed by atoms with E-state index in [0.29, 0.717) is 11.4 Å². The van der Waals surface area contributed by atoms with Gasteiger partial charge >= 0.3 is 0 Å². The third-order valence-electron chi connectivity index (χ3n) is 3.58. The van der Waals surface area contributed by atoms with Gasteiger partial charge in [-0.1, -0.05) is 30.4 Å². The fourth-order valence-corrected chi connectivity index (χ4v) is 4.25. The molecule has 0 radical (unpaired) electrons. The minimum Gasteiger partial charge on any atom is -0.371 e. The molecule has 3 aromatic rings. The average Bonchev–Trinajstić information content (AvgIpc) is 3.25. The Morgan fingerprint density at radius 3 is 2.68 bits per heavy atom. The van der Waals surface area contributed by atoms with Gasteiger partial charge in [-0.15, -0.1) is 22.7 Å². The molecule has 8 heteroatoms. The van der Waals surface area contributed by atoms with Crippen LogP contribution in [0.25, 0.3) is 9.88 Å². The van der Waals surface area contributed by atoms with Crippen LogP contribution < -0.4 is 5.32 Å². The highest BCUT2D eigenvalue weighted by Crippen LogP contribution is 2.30. The van der Waals surface area contributed by atoms with E-state index in [2.05, 4.69) is 11.4 Å². The van der Waals surface area contributed by atoms with Crippen LogP contribution in [0.4, 0.5) is 5.69 Å². The van der Waals surface area contributed by atoms with Crippen LogP contribution in [0.1, 0.15) is 24.2 Å².